The standard InChI is InChI=1S/C9H9N3O.C5H10O2/c10-7-3-1-6(2-4-7)8-5-9(13)12-11-8;1-5(2,3)7-4-6/h1-5H,10H2,(H2,11,12,13);4H,1-3H3. The van der Waals surface area contributed by atoms with E-state index in [1.807, 2.05) is 32.9 Å². The van der Waals surface area contributed by atoms with Gasteiger partial charge in [-0.3, -0.25) is 19.8 Å². The lowest BCUT2D eigenvalue weighted by Crippen LogP contribution is -2.17. The zero-order valence-electron chi connectivity index (χ0n) is 11.8. The number of aromatic amines is 2. The Morgan fingerprint density at radius 3 is 2.10 bits per heavy atom. The maximum absolute atomic E-state index is 10.8. The van der Waals surface area contributed by atoms with Gasteiger partial charge in [0.05, 0.1) is 5.69 Å². The second kappa shape index (κ2) is 6.60. The SMILES string of the molecule is CC(C)(C)OC=O.Nc1ccc(-c2cc(=O)[nH][nH]2)cc1. The van der Waals surface area contributed by atoms with Crippen LogP contribution in [0.25, 0.3) is 11.3 Å². The highest BCUT2D eigenvalue weighted by Gasteiger charge is 2.07. The number of aromatic nitrogens is 2. The van der Waals surface area contributed by atoms with Crippen LogP contribution in [-0.4, -0.2) is 22.3 Å². The van der Waals surface area contributed by atoms with Gasteiger partial charge in [0, 0.05) is 11.8 Å². The minimum atomic E-state index is -0.318. The molecule has 20 heavy (non-hydrogen) atoms. The third-order valence-corrected chi connectivity index (χ3v) is 2.22. The lowest BCUT2D eigenvalue weighted by Gasteiger charge is -2.14. The maximum atomic E-state index is 10.8. The number of carbonyl (C=O) groups excluding carboxylic acids is 1. The van der Waals surface area contributed by atoms with E-state index in [2.05, 4.69) is 14.9 Å². The fourth-order valence-electron chi connectivity index (χ4n) is 1.29. The van der Waals surface area contributed by atoms with Crippen molar-refractivity contribution in [2.45, 2.75) is 26.4 Å². The molecule has 0 spiro atoms. The van der Waals surface area contributed by atoms with Crippen molar-refractivity contribution < 1.29 is 9.53 Å². The molecule has 0 atom stereocenters. The van der Waals surface area contributed by atoms with Gasteiger partial charge in [0.15, 0.2) is 0 Å². The van der Waals surface area contributed by atoms with E-state index in [4.69, 9.17) is 5.73 Å². The Morgan fingerprint density at radius 2 is 1.75 bits per heavy atom. The lowest BCUT2D eigenvalue weighted by molar-refractivity contribution is -0.138. The van der Waals surface area contributed by atoms with Crippen molar-refractivity contribution in [1.29, 1.82) is 0 Å². The zero-order chi connectivity index (χ0) is 15.2. The number of H-pyrrole nitrogens is 2. The molecule has 1 aromatic heterocycles. The van der Waals surface area contributed by atoms with Crippen molar-refractivity contribution in [3.8, 4) is 11.3 Å². The van der Waals surface area contributed by atoms with Crippen molar-refractivity contribution in [3.63, 3.8) is 0 Å². The smallest absolute Gasteiger partial charge is 0.293 e. The van der Waals surface area contributed by atoms with Crippen molar-refractivity contribution in [2.75, 3.05) is 5.73 Å². The Balaban J connectivity index is 0.000000246. The molecular formula is C14H19N3O3. The first kappa shape index (κ1) is 15.6. The van der Waals surface area contributed by atoms with Crippen LogP contribution in [0.3, 0.4) is 0 Å². The third kappa shape index (κ3) is 5.43. The van der Waals surface area contributed by atoms with Gasteiger partial charge in [0.25, 0.3) is 12.0 Å². The molecule has 0 saturated heterocycles. The molecule has 0 bridgehead atoms. The van der Waals surface area contributed by atoms with Gasteiger partial charge in [-0.2, -0.15) is 0 Å². The van der Waals surface area contributed by atoms with Crippen LogP contribution in [0.15, 0.2) is 35.1 Å². The predicted octanol–water partition coefficient (Wildman–Crippen LogP) is 1.91. The summed E-state index contributed by atoms with van der Waals surface area (Å²) in [6.45, 7) is 5.92. The Hall–Kier alpha value is -2.50. The summed E-state index contributed by atoms with van der Waals surface area (Å²) in [5, 5.41) is 5.23. The van der Waals surface area contributed by atoms with E-state index in [1.165, 1.54) is 6.07 Å². The minimum absolute atomic E-state index is 0.133. The van der Waals surface area contributed by atoms with Gasteiger partial charge in [0.2, 0.25) is 0 Å². The summed E-state index contributed by atoms with van der Waals surface area (Å²) in [4.78, 5) is 20.4. The van der Waals surface area contributed by atoms with E-state index in [-0.39, 0.29) is 11.2 Å². The Bertz CT molecular complexity index is 591. The normalized spacial score (nSPS) is 10.3. The average molecular weight is 277 g/mol. The van der Waals surface area contributed by atoms with E-state index in [0.29, 0.717) is 12.2 Å². The molecule has 0 unspecified atom stereocenters. The molecule has 108 valence electrons. The summed E-state index contributed by atoms with van der Waals surface area (Å²) in [6.07, 6.45) is 0. The van der Waals surface area contributed by atoms with Gasteiger partial charge in [0.1, 0.15) is 5.60 Å². The highest BCUT2D eigenvalue weighted by Crippen LogP contribution is 2.15. The van der Waals surface area contributed by atoms with Crippen LogP contribution >= 0.6 is 0 Å². The lowest BCUT2D eigenvalue weighted by atomic mass is 10.1. The van der Waals surface area contributed by atoms with Gasteiger partial charge >= 0.3 is 0 Å². The average Bonchev–Trinajstić information content (AvgIpc) is 2.76. The van der Waals surface area contributed by atoms with Crippen LogP contribution in [0.4, 0.5) is 5.69 Å². The number of ether oxygens (including phenoxy) is 1. The number of carbonyl (C=O) groups is 1. The van der Waals surface area contributed by atoms with E-state index in [1.54, 1.807) is 12.1 Å². The first-order valence-electron chi connectivity index (χ1n) is 6.07. The molecule has 2 rings (SSSR count). The van der Waals surface area contributed by atoms with Crippen molar-refractivity contribution >= 4 is 12.2 Å². The summed E-state index contributed by atoms with van der Waals surface area (Å²) in [5.74, 6) is 0. The first-order chi connectivity index (χ1) is 9.31. The van der Waals surface area contributed by atoms with E-state index < -0.39 is 0 Å². The summed E-state index contributed by atoms with van der Waals surface area (Å²) in [5.41, 5.74) is 7.50. The van der Waals surface area contributed by atoms with Crippen LogP contribution in [0, 0.1) is 0 Å². The number of nitrogens with two attached hydrogens (primary N) is 1. The largest absolute Gasteiger partial charge is 0.462 e. The number of hydrogen-bond acceptors (Lipinski definition) is 4. The number of nitrogens with one attached hydrogen (secondary N) is 2. The fourth-order valence-corrected chi connectivity index (χ4v) is 1.29. The molecule has 0 aliphatic carbocycles. The van der Waals surface area contributed by atoms with Crippen molar-refractivity contribution in [1.82, 2.24) is 10.2 Å². The summed E-state index contributed by atoms with van der Waals surface area (Å²) in [6, 6.07) is 8.80. The molecule has 0 fully saturated rings. The highest BCUT2D eigenvalue weighted by atomic mass is 16.5. The molecular weight excluding hydrogens is 258 g/mol. The molecule has 4 N–H and O–H groups in total. The van der Waals surface area contributed by atoms with Crippen LogP contribution in [0.2, 0.25) is 0 Å². The summed E-state index contributed by atoms with van der Waals surface area (Å²) >= 11 is 0. The first-order valence-corrected chi connectivity index (χ1v) is 6.07. The molecule has 0 radical (unpaired) electrons. The summed E-state index contributed by atoms with van der Waals surface area (Å²) in [7, 11) is 0. The van der Waals surface area contributed by atoms with Gasteiger partial charge in [-0.05, 0) is 38.5 Å². The molecule has 0 aliphatic heterocycles. The second-order valence-corrected chi connectivity index (χ2v) is 5.12. The van der Waals surface area contributed by atoms with E-state index >= 15 is 0 Å². The Kier molecular flexibility index (Phi) is 5.14. The van der Waals surface area contributed by atoms with E-state index in [9.17, 15) is 9.59 Å². The van der Waals surface area contributed by atoms with Gasteiger partial charge < -0.3 is 10.5 Å². The minimum Gasteiger partial charge on any atom is -0.462 e. The zero-order valence-corrected chi connectivity index (χ0v) is 11.8. The number of hydrogen-bond donors (Lipinski definition) is 3. The number of benzene rings is 1. The molecule has 1 heterocycles. The Labute approximate surface area is 116 Å². The monoisotopic (exact) mass is 277 g/mol. The van der Waals surface area contributed by atoms with Crippen molar-refractivity contribution in [2.24, 2.45) is 0 Å². The molecule has 6 heteroatoms. The number of nitrogen functional groups attached to an aromatic ring is 1. The molecule has 1 aromatic carbocycles. The molecule has 6 nitrogen and oxygen atoms in total. The molecule has 0 saturated carbocycles. The van der Waals surface area contributed by atoms with Crippen LogP contribution < -0.4 is 11.3 Å². The van der Waals surface area contributed by atoms with Crippen LogP contribution in [-0.2, 0) is 9.53 Å². The van der Waals surface area contributed by atoms with Crippen molar-refractivity contribution in [3.05, 3.63) is 40.7 Å². The number of rotatable bonds is 2. The van der Waals surface area contributed by atoms with E-state index in [0.717, 1.165) is 11.3 Å². The van der Waals surface area contributed by atoms with Gasteiger partial charge in [-0.15, -0.1) is 0 Å². The summed E-state index contributed by atoms with van der Waals surface area (Å²) < 4.78 is 4.55. The molecule has 0 amide bonds. The number of anilines is 1. The maximum Gasteiger partial charge on any atom is 0.293 e. The van der Waals surface area contributed by atoms with Crippen LogP contribution in [0.1, 0.15) is 20.8 Å². The van der Waals surface area contributed by atoms with Crippen LogP contribution in [0.5, 0.6) is 0 Å². The fraction of sp³-hybridized carbons (Fsp3) is 0.286. The Morgan fingerprint density at radius 1 is 1.15 bits per heavy atom. The molecule has 2 aromatic rings. The quantitative estimate of drug-likeness (QED) is 0.576. The molecule has 0 aliphatic rings. The third-order valence-electron chi connectivity index (χ3n) is 2.22. The topological polar surface area (TPSA) is 101 Å². The van der Waals surface area contributed by atoms with Gasteiger partial charge in [-0.25, -0.2) is 0 Å². The van der Waals surface area contributed by atoms with Gasteiger partial charge in [-0.1, -0.05) is 12.1 Å². The predicted molar refractivity (Wildman–Crippen MR) is 78.2 cm³/mol. The second-order valence-electron chi connectivity index (χ2n) is 5.12. The highest BCUT2D eigenvalue weighted by molar-refractivity contribution is 5.61.